The van der Waals surface area contributed by atoms with Crippen LogP contribution in [0.3, 0.4) is 0 Å². The second-order valence-corrected chi connectivity index (χ2v) is 7.95. The average Bonchev–Trinajstić information content (AvgIpc) is 3.00. The van der Waals surface area contributed by atoms with Gasteiger partial charge in [-0.05, 0) is 36.6 Å². The van der Waals surface area contributed by atoms with E-state index in [2.05, 4.69) is 10.6 Å². The number of hydrogen-bond donors (Lipinski definition) is 2. The number of amides is 2. The Hall–Kier alpha value is -1.30. The molecule has 2 N–H and O–H groups in total. The molecule has 1 aliphatic rings. The van der Waals surface area contributed by atoms with E-state index in [0.717, 1.165) is 19.5 Å². The van der Waals surface area contributed by atoms with E-state index in [1.165, 1.54) is 0 Å². The van der Waals surface area contributed by atoms with E-state index in [1.807, 2.05) is 20.8 Å². The molecule has 1 atom stereocenters. The molecule has 2 rings (SSSR count). The second-order valence-electron chi connectivity index (χ2n) is 7.54. The van der Waals surface area contributed by atoms with Crippen LogP contribution in [0, 0.1) is 5.41 Å². The molecule has 140 valence electrons. The fraction of sp³-hybridized carbons (Fsp3) is 0.556. The molecule has 5 nitrogen and oxygen atoms in total. The molecule has 1 unspecified atom stereocenters. The predicted molar refractivity (Wildman–Crippen MR) is 105 cm³/mol. The van der Waals surface area contributed by atoms with Gasteiger partial charge in [-0.15, -0.1) is 12.4 Å². The van der Waals surface area contributed by atoms with Gasteiger partial charge < -0.3 is 15.5 Å². The van der Waals surface area contributed by atoms with Crippen LogP contribution >= 0.6 is 24.0 Å². The third kappa shape index (κ3) is 6.17. The molecule has 0 saturated carbocycles. The first-order valence-electron chi connectivity index (χ1n) is 8.24. The van der Waals surface area contributed by atoms with Crippen LogP contribution in [0.1, 0.15) is 44.0 Å². The molecule has 1 fully saturated rings. The minimum absolute atomic E-state index is 0. The molecule has 1 saturated heterocycles. The van der Waals surface area contributed by atoms with E-state index < -0.39 is 0 Å². The van der Waals surface area contributed by atoms with E-state index in [-0.39, 0.29) is 35.7 Å². The lowest BCUT2D eigenvalue weighted by Crippen LogP contribution is -2.38. The summed E-state index contributed by atoms with van der Waals surface area (Å²) in [5.74, 6) is -0.197. The van der Waals surface area contributed by atoms with Crippen molar-refractivity contribution in [2.75, 3.05) is 25.5 Å². The fourth-order valence-corrected chi connectivity index (χ4v) is 2.98. The Morgan fingerprint density at radius 1 is 1.36 bits per heavy atom. The monoisotopic (exact) mass is 387 g/mol. The first-order valence-corrected chi connectivity index (χ1v) is 8.62. The van der Waals surface area contributed by atoms with Gasteiger partial charge in [0.15, 0.2) is 0 Å². The molecule has 0 bridgehead atoms. The Balaban J connectivity index is 0.00000312. The number of anilines is 1. The lowest BCUT2D eigenvalue weighted by Gasteiger charge is -2.24. The van der Waals surface area contributed by atoms with Crippen LogP contribution in [-0.2, 0) is 4.79 Å². The number of hydrogen-bond acceptors (Lipinski definition) is 3. The number of rotatable bonds is 4. The van der Waals surface area contributed by atoms with E-state index in [0.29, 0.717) is 22.7 Å². The number of halogens is 2. The van der Waals surface area contributed by atoms with Gasteiger partial charge in [-0.3, -0.25) is 9.59 Å². The molecule has 0 radical (unpaired) electrons. The SMILES string of the molecule is CN(C(=O)c1cc(NC(=O)CC(C)(C)C)ccc1Cl)C1CCNC1.Cl. The van der Waals surface area contributed by atoms with Crippen molar-refractivity contribution in [1.29, 1.82) is 0 Å². The number of nitrogens with zero attached hydrogens (tertiary/aromatic N) is 1. The predicted octanol–water partition coefficient (Wildman–Crippen LogP) is 3.57. The molecular formula is C18H27Cl2N3O2. The number of nitrogens with one attached hydrogen (secondary N) is 2. The maximum Gasteiger partial charge on any atom is 0.255 e. The molecule has 1 aliphatic heterocycles. The van der Waals surface area contributed by atoms with Crippen molar-refractivity contribution in [3.8, 4) is 0 Å². The maximum absolute atomic E-state index is 12.7. The Kier molecular flexibility index (Phi) is 7.72. The van der Waals surface area contributed by atoms with Crippen molar-refractivity contribution in [2.24, 2.45) is 5.41 Å². The highest BCUT2D eigenvalue weighted by atomic mass is 35.5. The first-order chi connectivity index (χ1) is 11.2. The summed E-state index contributed by atoms with van der Waals surface area (Å²) in [6.07, 6.45) is 1.34. The number of carbonyl (C=O) groups excluding carboxylic acids is 2. The van der Waals surface area contributed by atoms with E-state index in [1.54, 1.807) is 30.1 Å². The first kappa shape index (κ1) is 21.7. The molecule has 0 aliphatic carbocycles. The van der Waals surface area contributed by atoms with Gasteiger partial charge in [0.1, 0.15) is 0 Å². The summed E-state index contributed by atoms with van der Waals surface area (Å²) in [5, 5.41) is 6.49. The molecule has 1 heterocycles. The van der Waals surface area contributed by atoms with Crippen molar-refractivity contribution in [1.82, 2.24) is 10.2 Å². The molecule has 2 amide bonds. The molecule has 1 aromatic carbocycles. The van der Waals surface area contributed by atoms with Crippen molar-refractivity contribution >= 4 is 41.5 Å². The average molecular weight is 388 g/mol. The van der Waals surface area contributed by atoms with Gasteiger partial charge in [0.2, 0.25) is 5.91 Å². The highest BCUT2D eigenvalue weighted by Gasteiger charge is 2.25. The van der Waals surface area contributed by atoms with Gasteiger partial charge in [-0.1, -0.05) is 32.4 Å². The van der Waals surface area contributed by atoms with Gasteiger partial charge in [0.25, 0.3) is 5.91 Å². The number of benzene rings is 1. The lowest BCUT2D eigenvalue weighted by molar-refractivity contribution is -0.117. The van der Waals surface area contributed by atoms with E-state index in [4.69, 9.17) is 11.6 Å². The van der Waals surface area contributed by atoms with Crippen LogP contribution < -0.4 is 10.6 Å². The van der Waals surface area contributed by atoms with Crippen LogP contribution in [-0.4, -0.2) is 42.9 Å². The summed E-state index contributed by atoms with van der Waals surface area (Å²) in [6, 6.07) is 5.20. The van der Waals surface area contributed by atoms with Gasteiger partial charge >= 0.3 is 0 Å². The summed E-state index contributed by atoms with van der Waals surface area (Å²) < 4.78 is 0. The minimum Gasteiger partial charge on any atom is -0.337 e. The van der Waals surface area contributed by atoms with Gasteiger partial charge in [0.05, 0.1) is 10.6 Å². The summed E-state index contributed by atoms with van der Waals surface area (Å²) in [5.41, 5.74) is 0.916. The van der Waals surface area contributed by atoms with Crippen LogP contribution in [0.4, 0.5) is 5.69 Å². The quantitative estimate of drug-likeness (QED) is 0.829. The summed E-state index contributed by atoms with van der Waals surface area (Å²) in [7, 11) is 1.79. The zero-order chi connectivity index (χ0) is 17.9. The van der Waals surface area contributed by atoms with Crippen LogP contribution in [0.15, 0.2) is 18.2 Å². The Labute approximate surface area is 160 Å². The number of likely N-dealkylation sites (N-methyl/N-ethyl adjacent to an activating group) is 1. The smallest absolute Gasteiger partial charge is 0.255 e. The van der Waals surface area contributed by atoms with Crippen LogP contribution in [0.5, 0.6) is 0 Å². The van der Waals surface area contributed by atoms with Crippen molar-refractivity contribution < 1.29 is 9.59 Å². The summed E-state index contributed by atoms with van der Waals surface area (Å²) in [4.78, 5) is 26.5. The van der Waals surface area contributed by atoms with E-state index in [9.17, 15) is 9.59 Å². The minimum atomic E-state index is -0.124. The maximum atomic E-state index is 12.7. The zero-order valence-electron chi connectivity index (χ0n) is 15.2. The van der Waals surface area contributed by atoms with E-state index >= 15 is 0 Å². The highest BCUT2D eigenvalue weighted by Crippen LogP contribution is 2.25. The molecule has 7 heteroatoms. The Morgan fingerprint density at radius 2 is 2.04 bits per heavy atom. The normalized spacial score (nSPS) is 16.9. The number of carbonyl (C=O) groups is 2. The van der Waals surface area contributed by atoms with Crippen LogP contribution in [0.2, 0.25) is 5.02 Å². The second kappa shape index (κ2) is 8.88. The molecular weight excluding hydrogens is 361 g/mol. The van der Waals surface area contributed by atoms with Crippen molar-refractivity contribution in [2.45, 2.75) is 39.7 Å². The lowest BCUT2D eigenvalue weighted by atomic mass is 9.92. The zero-order valence-corrected chi connectivity index (χ0v) is 16.8. The van der Waals surface area contributed by atoms with Crippen molar-refractivity contribution in [3.05, 3.63) is 28.8 Å². The Morgan fingerprint density at radius 3 is 2.60 bits per heavy atom. The van der Waals surface area contributed by atoms with Gasteiger partial charge in [-0.25, -0.2) is 0 Å². The third-order valence-corrected chi connectivity index (χ3v) is 4.40. The Bertz CT molecular complexity index is 623. The molecule has 0 aromatic heterocycles. The van der Waals surface area contributed by atoms with Gasteiger partial charge in [-0.2, -0.15) is 0 Å². The standard InChI is InChI=1S/C18H26ClN3O2.ClH/c1-18(2,3)10-16(23)21-12-5-6-15(19)14(9-12)17(24)22(4)13-7-8-20-11-13;/h5-6,9,13,20H,7-8,10-11H2,1-4H3,(H,21,23);1H. The third-order valence-electron chi connectivity index (χ3n) is 4.07. The fourth-order valence-electron chi connectivity index (χ4n) is 2.78. The summed E-state index contributed by atoms with van der Waals surface area (Å²) in [6.45, 7) is 7.73. The van der Waals surface area contributed by atoms with Gasteiger partial charge in [0, 0.05) is 31.7 Å². The largest absolute Gasteiger partial charge is 0.337 e. The highest BCUT2D eigenvalue weighted by molar-refractivity contribution is 6.34. The topological polar surface area (TPSA) is 61.4 Å². The molecule has 0 spiro atoms. The summed E-state index contributed by atoms with van der Waals surface area (Å²) >= 11 is 6.21. The van der Waals surface area contributed by atoms with Crippen molar-refractivity contribution in [3.63, 3.8) is 0 Å². The molecule has 25 heavy (non-hydrogen) atoms. The van der Waals surface area contributed by atoms with Crippen LogP contribution in [0.25, 0.3) is 0 Å². The molecule has 1 aromatic rings.